The molecule has 132 valence electrons. The molecule has 0 radical (unpaired) electrons. The molecule has 0 saturated carbocycles. The summed E-state index contributed by atoms with van der Waals surface area (Å²) in [5.41, 5.74) is 1.84. The van der Waals surface area contributed by atoms with E-state index in [2.05, 4.69) is 0 Å². The second-order valence-electron chi connectivity index (χ2n) is 5.34. The van der Waals surface area contributed by atoms with Crippen LogP contribution in [0.1, 0.15) is 30.5 Å². The molecule has 6 heteroatoms. The van der Waals surface area contributed by atoms with Crippen molar-refractivity contribution in [2.75, 3.05) is 45.9 Å². The third-order valence-electron chi connectivity index (χ3n) is 3.51. The zero-order valence-corrected chi connectivity index (χ0v) is 15.3. The molecule has 0 aliphatic heterocycles. The van der Waals surface area contributed by atoms with Crippen molar-refractivity contribution in [3.8, 4) is 0 Å². The van der Waals surface area contributed by atoms with E-state index in [9.17, 15) is 5.21 Å². The van der Waals surface area contributed by atoms with Gasteiger partial charge in [-0.3, -0.25) is 0 Å². The molecule has 23 heavy (non-hydrogen) atoms. The van der Waals surface area contributed by atoms with E-state index < -0.39 is 0 Å². The Labute approximate surface area is 143 Å². The van der Waals surface area contributed by atoms with Crippen LogP contribution in [0.25, 0.3) is 0 Å². The molecular weight excluding hydrogens is 314 g/mol. The lowest BCUT2D eigenvalue weighted by Gasteiger charge is -2.09. The van der Waals surface area contributed by atoms with Crippen molar-refractivity contribution in [1.29, 1.82) is 0 Å². The van der Waals surface area contributed by atoms with E-state index in [-0.39, 0.29) is 0 Å². The highest BCUT2D eigenvalue weighted by Crippen LogP contribution is 2.23. The molecule has 1 heterocycles. The molecule has 0 fully saturated rings. The summed E-state index contributed by atoms with van der Waals surface area (Å²) >= 11 is 1.78. The summed E-state index contributed by atoms with van der Waals surface area (Å²) in [7, 11) is 1.70. The first-order chi connectivity index (χ1) is 11.2. The van der Waals surface area contributed by atoms with Gasteiger partial charge in [0.2, 0.25) is 0 Å². The summed E-state index contributed by atoms with van der Waals surface area (Å²) in [4.78, 5) is 1.18. The zero-order valence-electron chi connectivity index (χ0n) is 14.5. The lowest BCUT2D eigenvalue weighted by Crippen LogP contribution is -2.30. The second kappa shape index (κ2) is 12.6. The molecule has 0 aliphatic rings. The van der Waals surface area contributed by atoms with Crippen LogP contribution in [0.2, 0.25) is 0 Å². The van der Waals surface area contributed by atoms with Gasteiger partial charge in [-0.15, -0.1) is 11.8 Å². The average molecular weight is 343 g/mol. The third kappa shape index (κ3) is 8.55. The Morgan fingerprint density at radius 2 is 1.61 bits per heavy atom. The molecule has 0 atom stereocenters. The SMILES string of the molecule is COCCCOCCCOCCCSc1cc[n+]([O-])c(C)c1C. The summed E-state index contributed by atoms with van der Waals surface area (Å²) in [6, 6.07) is 1.89. The van der Waals surface area contributed by atoms with Crippen LogP contribution in [0.3, 0.4) is 0 Å². The van der Waals surface area contributed by atoms with E-state index in [1.54, 1.807) is 25.1 Å². The topological polar surface area (TPSA) is 54.6 Å². The van der Waals surface area contributed by atoms with Crippen molar-refractivity contribution >= 4 is 11.8 Å². The predicted molar refractivity (Wildman–Crippen MR) is 93.0 cm³/mol. The number of ether oxygens (including phenoxy) is 3. The standard InChI is InChI=1S/C17H29NO4S/c1-15-16(2)18(19)8-7-17(15)23-14-6-13-22-12-5-11-21-10-4-9-20-3/h7-8H,4-6,9-14H2,1-3H3. The van der Waals surface area contributed by atoms with Crippen LogP contribution >= 0.6 is 11.8 Å². The van der Waals surface area contributed by atoms with Crippen LogP contribution in [-0.4, -0.2) is 45.9 Å². The lowest BCUT2D eigenvalue weighted by atomic mass is 10.2. The highest BCUT2D eigenvalue weighted by molar-refractivity contribution is 7.99. The van der Waals surface area contributed by atoms with E-state index in [1.165, 1.54) is 4.90 Å². The average Bonchev–Trinajstić information content (AvgIpc) is 2.55. The number of methoxy groups -OCH3 is 1. The minimum Gasteiger partial charge on any atom is -0.619 e. The van der Waals surface area contributed by atoms with Crippen LogP contribution in [0, 0.1) is 19.1 Å². The van der Waals surface area contributed by atoms with Gasteiger partial charge in [-0.25, -0.2) is 0 Å². The number of thioether (sulfide) groups is 1. The minimum atomic E-state index is 0.745. The highest BCUT2D eigenvalue weighted by Gasteiger charge is 2.08. The summed E-state index contributed by atoms with van der Waals surface area (Å²) in [5.74, 6) is 0.997. The first kappa shape index (κ1) is 20.2. The lowest BCUT2D eigenvalue weighted by molar-refractivity contribution is -0.613. The van der Waals surface area contributed by atoms with Crippen molar-refractivity contribution in [2.24, 2.45) is 0 Å². The Morgan fingerprint density at radius 1 is 1.00 bits per heavy atom. The molecule has 1 aromatic rings. The van der Waals surface area contributed by atoms with Gasteiger partial charge in [0.25, 0.3) is 0 Å². The van der Waals surface area contributed by atoms with Crippen molar-refractivity contribution < 1.29 is 18.9 Å². The highest BCUT2D eigenvalue weighted by atomic mass is 32.2. The van der Waals surface area contributed by atoms with Gasteiger partial charge in [0.1, 0.15) is 0 Å². The largest absolute Gasteiger partial charge is 0.619 e. The molecule has 0 unspecified atom stereocenters. The zero-order chi connectivity index (χ0) is 16.9. The van der Waals surface area contributed by atoms with Crippen molar-refractivity contribution in [3.05, 3.63) is 28.7 Å². The number of aromatic nitrogens is 1. The smallest absolute Gasteiger partial charge is 0.193 e. The second-order valence-corrected chi connectivity index (χ2v) is 6.48. The molecule has 0 saturated heterocycles. The van der Waals surface area contributed by atoms with Gasteiger partial charge in [0.05, 0.1) is 0 Å². The first-order valence-electron chi connectivity index (χ1n) is 8.13. The van der Waals surface area contributed by atoms with E-state index >= 15 is 0 Å². The summed E-state index contributed by atoms with van der Waals surface area (Å²) < 4.78 is 16.9. The fraction of sp³-hybridized carbons (Fsp3) is 0.706. The number of rotatable bonds is 13. The van der Waals surface area contributed by atoms with Gasteiger partial charge in [0, 0.05) is 69.3 Å². The maximum Gasteiger partial charge on any atom is 0.193 e. The first-order valence-corrected chi connectivity index (χ1v) is 9.12. The van der Waals surface area contributed by atoms with Gasteiger partial charge >= 0.3 is 0 Å². The minimum absolute atomic E-state index is 0.745. The maximum absolute atomic E-state index is 11.4. The Kier molecular flexibility index (Phi) is 11.1. The normalized spacial score (nSPS) is 11.1. The molecule has 0 amide bonds. The van der Waals surface area contributed by atoms with Crippen LogP contribution in [0.5, 0.6) is 0 Å². The van der Waals surface area contributed by atoms with Gasteiger partial charge in [0.15, 0.2) is 11.9 Å². The monoisotopic (exact) mass is 343 g/mol. The Balaban J connectivity index is 1.97. The fourth-order valence-electron chi connectivity index (χ4n) is 1.99. The van der Waals surface area contributed by atoms with Crippen molar-refractivity contribution in [3.63, 3.8) is 0 Å². The molecule has 0 bridgehead atoms. The Hall–Kier alpha value is -0.820. The van der Waals surface area contributed by atoms with Crippen molar-refractivity contribution in [1.82, 2.24) is 0 Å². The fourth-order valence-corrected chi connectivity index (χ4v) is 2.99. The Bertz CT molecular complexity index is 443. The number of hydrogen-bond donors (Lipinski definition) is 0. The molecule has 5 nitrogen and oxygen atoms in total. The van der Waals surface area contributed by atoms with Gasteiger partial charge in [-0.1, -0.05) is 0 Å². The van der Waals surface area contributed by atoms with E-state index in [1.807, 2.05) is 19.9 Å². The maximum atomic E-state index is 11.4. The van der Waals surface area contributed by atoms with E-state index in [0.717, 1.165) is 74.0 Å². The van der Waals surface area contributed by atoms with Crippen molar-refractivity contribution in [2.45, 2.75) is 38.0 Å². The molecule has 1 rings (SSSR count). The van der Waals surface area contributed by atoms with Crippen LogP contribution < -0.4 is 4.73 Å². The summed E-state index contributed by atoms with van der Waals surface area (Å²) in [5, 5.41) is 11.4. The van der Waals surface area contributed by atoms with Crippen LogP contribution in [0.4, 0.5) is 0 Å². The number of hydrogen-bond acceptors (Lipinski definition) is 5. The Morgan fingerprint density at radius 3 is 2.26 bits per heavy atom. The van der Waals surface area contributed by atoms with Gasteiger partial charge in [-0.05, 0) is 26.2 Å². The summed E-state index contributed by atoms with van der Waals surface area (Å²) in [6.45, 7) is 7.61. The summed E-state index contributed by atoms with van der Waals surface area (Å²) in [6.07, 6.45) is 4.46. The predicted octanol–water partition coefficient (Wildman–Crippen LogP) is 2.88. The van der Waals surface area contributed by atoms with Crippen LogP contribution in [-0.2, 0) is 14.2 Å². The van der Waals surface area contributed by atoms with E-state index in [4.69, 9.17) is 14.2 Å². The third-order valence-corrected chi connectivity index (χ3v) is 4.76. The molecule has 0 aromatic carbocycles. The van der Waals surface area contributed by atoms with E-state index in [0.29, 0.717) is 0 Å². The molecule has 0 aliphatic carbocycles. The number of pyridine rings is 1. The molecule has 0 spiro atoms. The quantitative estimate of drug-likeness (QED) is 0.239. The molecule has 1 aromatic heterocycles. The van der Waals surface area contributed by atoms with Gasteiger partial charge < -0.3 is 19.4 Å². The molecule has 0 N–H and O–H groups in total. The number of nitrogens with zero attached hydrogens (tertiary/aromatic N) is 1. The van der Waals surface area contributed by atoms with Gasteiger partial charge in [-0.2, -0.15) is 4.73 Å². The molecular formula is C17H29NO4S. The van der Waals surface area contributed by atoms with Crippen LogP contribution in [0.15, 0.2) is 17.2 Å².